The SMILES string of the molecule is CCCCCCOC(=O)C(O)C(=O)O. The zero-order chi connectivity index (χ0) is 11.0. The predicted octanol–water partition coefficient (Wildman–Crippen LogP) is 0.555. The fourth-order valence-corrected chi connectivity index (χ4v) is 0.881. The molecule has 0 fully saturated rings. The van der Waals surface area contributed by atoms with Crippen LogP contribution in [0.4, 0.5) is 0 Å². The molecule has 0 spiro atoms. The smallest absolute Gasteiger partial charge is 0.346 e. The molecule has 0 amide bonds. The fraction of sp³-hybridized carbons (Fsp3) is 0.778. The maximum Gasteiger partial charge on any atom is 0.346 e. The van der Waals surface area contributed by atoms with Crippen molar-refractivity contribution in [3.05, 3.63) is 0 Å². The molecule has 0 aromatic carbocycles. The minimum atomic E-state index is -2.05. The van der Waals surface area contributed by atoms with E-state index in [1.165, 1.54) is 0 Å². The van der Waals surface area contributed by atoms with E-state index in [9.17, 15) is 9.59 Å². The van der Waals surface area contributed by atoms with Gasteiger partial charge in [0.2, 0.25) is 6.10 Å². The number of esters is 1. The Kier molecular flexibility index (Phi) is 6.74. The lowest BCUT2D eigenvalue weighted by molar-refractivity contribution is -0.165. The molecule has 0 saturated heterocycles. The van der Waals surface area contributed by atoms with E-state index in [1.807, 2.05) is 0 Å². The van der Waals surface area contributed by atoms with Gasteiger partial charge in [-0.05, 0) is 6.42 Å². The van der Waals surface area contributed by atoms with Gasteiger partial charge in [0.15, 0.2) is 0 Å². The van der Waals surface area contributed by atoms with Gasteiger partial charge in [-0.1, -0.05) is 26.2 Å². The Morgan fingerprint density at radius 2 is 1.93 bits per heavy atom. The Morgan fingerprint density at radius 1 is 1.29 bits per heavy atom. The normalized spacial score (nSPS) is 12.1. The number of rotatable bonds is 7. The van der Waals surface area contributed by atoms with Gasteiger partial charge in [0.05, 0.1) is 6.61 Å². The van der Waals surface area contributed by atoms with Crippen LogP contribution < -0.4 is 0 Å². The molecule has 0 aromatic rings. The van der Waals surface area contributed by atoms with Gasteiger partial charge >= 0.3 is 11.9 Å². The first kappa shape index (κ1) is 12.9. The zero-order valence-electron chi connectivity index (χ0n) is 8.23. The van der Waals surface area contributed by atoms with Crippen LogP contribution in [0.3, 0.4) is 0 Å². The number of unbranched alkanes of at least 4 members (excludes halogenated alkanes) is 3. The summed E-state index contributed by atoms with van der Waals surface area (Å²) in [6.07, 6.45) is 1.71. The molecule has 0 heterocycles. The van der Waals surface area contributed by atoms with E-state index in [0.717, 1.165) is 19.3 Å². The lowest BCUT2D eigenvalue weighted by Gasteiger charge is -2.06. The quantitative estimate of drug-likeness (QED) is 0.359. The molecule has 5 nitrogen and oxygen atoms in total. The molecular formula is C9H16O5. The topological polar surface area (TPSA) is 83.8 Å². The van der Waals surface area contributed by atoms with Crippen molar-refractivity contribution in [2.24, 2.45) is 0 Å². The maximum atomic E-state index is 10.8. The van der Waals surface area contributed by atoms with Crippen LogP contribution >= 0.6 is 0 Å². The average Bonchev–Trinajstić information content (AvgIpc) is 2.16. The van der Waals surface area contributed by atoms with E-state index in [1.54, 1.807) is 0 Å². The van der Waals surface area contributed by atoms with Crippen LogP contribution in [0.5, 0.6) is 0 Å². The molecular weight excluding hydrogens is 188 g/mol. The van der Waals surface area contributed by atoms with Crippen LogP contribution in [-0.2, 0) is 14.3 Å². The highest BCUT2D eigenvalue weighted by molar-refractivity contribution is 5.96. The standard InChI is InChI=1S/C9H16O5/c1-2-3-4-5-6-14-9(13)7(10)8(11)12/h7,10H,2-6H2,1H3,(H,11,12). The molecule has 0 rings (SSSR count). The number of aliphatic carboxylic acids is 1. The summed E-state index contributed by atoms with van der Waals surface area (Å²) in [5, 5.41) is 17.0. The molecule has 0 aliphatic heterocycles. The van der Waals surface area contributed by atoms with Crippen LogP contribution in [0.2, 0.25) is 0 Å². The first-order chi connectivity index (χ1) is 6.59. The van der Waals surface area contributed by atoms with Crippen molar-refractivity contribution in [2.45, 2.75) is 38.7 Å². The van der Waals surface area contributed by atoms with Gasteiger partial charge in [0.1, 0.15) is 0 Å². The summed E-state index contributed by atoms with van der Waals surface area (Å²) in [7, 11) is 0. The lowest BCUT2D eigenvalue weighted by Crippen LogP contribution is -2.31. The van der Waals surface area contributed by atoms with Crippen molar-refractivity contribution in [3.8, 4) is 0 Å². The minimum absolute atomic E-state index is 0.170. The van der Waals surface area contributed by atoms with Crippen LogP contribution in [0.15, 0.2) is 0 Å². The molecule has 0 bridgehead atoms. The van der Waals surface area contributed by atoms with E-state index >= 15 is 0 Å². The van der Waals surface area contributed by atoms with E-state index in [0.29, 0.717) is 6.42 Å². The number of carbonyl (C=O) groups is 2. The van der Waals surface area contributed by atoms with Gasteiger partial charge in [0, 0.05) is 0 Å². The molecule has 5 heteroatoms. The monoisotopic (exact) mass is 204 g/mol. The summed E-state index contributed by atoms with van der Waals surface area (Å²) in [6.45, 7) is 2.23. The highest BCUT2D eigenvalue weighted by Crippen LogP contribution is 1.99. The molecule has 82 valence electrons. The third-order valence-electron chi connectivity index (χ3n) is 1.70. The van der Waals surface area contributed by atoms with Crippen LogP contribution in [-0.4, -0.2) is 34.9 Å². The predicted molar refractivity (Wildman–Crippen MR) is 48.7 cm³/mol. The Hall–Kier alpha value is -1.10. The first-order valence-electron chi connectivity index (χ1n) is 4.67. The van der Waals surface area contributed by atoms with E-state index in [-0.39, 0.29) is 6.61 Å². The fourth-order valence-electron chi connectivity index (χ4n) is 0.881. The van der Waals surface area contributed by atoms with Crippen molar-refractivity contribution < 1.29 is 24.5 Å². The summed E-state index contributed by atoms with van der Waals surface area (Å²) in [5.41, 5.74) is 0. The molecule has 0 saturated carbocycles. The summed E-state index contributed by atoms with van der Waals surface area (Å²) in [6, 6.07) is 0. The summed E-state index contributed by atoms with van der Waals surface area (Å²) < 4.78 is 4.54. The summed E-state index contributed by atoms with van der Waals surface area (Å²) in [5.74, 6) is -2.67. The minimum Gasteiger partial charge on any atom is -0.479 e. The molecule has 14 heavy (non-hydrogen) atoms. The molecule has 1 atom stereocenters. The van der Waals surface area contributed by atoms with E-state index in [4.69, 9.17) is 10.2 Å². The second kappa shape index (κ2) is 7.32. The number of hydrogen-bond donors (Lipinski definition) is 2. The maximum absolute atomic E-state index is 10.8. The second-order valence-electron chi connectivity index (χ2n) is 2.97. The van der Waals surface area contributed by atoms with Gasteiger partial charge in [-0.15, -0.1) is 0 Å². The van der Waals surface area contributed by atoms with Gasteiger partial charge < -0.3 is 14.9 Å². The number of carboxylic acid groups (broad SMARTS) is 1. The number of aliphatic hydroxyl groups excluding tert-OH is 1. The molecule has 0 radical (unpaired) electrons. The lowest BCUT2D eigenvalue weighted by atomic mass is 10.2. The largest absolute Gasteiger partial charge is 0.479 e. The van der Waals surface area contributed by atoms with Crippen molar-refractivity contribution in [3.63, 3.8) is 0 Å². The number of ether oxygens (including phenoxy) is 1. The highest BCUT2D eigenvalue weighted by Gasteiger charge is 2.24. The van der Waals surface area contributed by atoms with Crippen molar-refractivity contribution in [1.82, 2.24) is 0 Å². The number of carbonyl (C=O) groups excluding carboxylic acids is 1. The van der Waals surface area contributed by atoms with Crippen LogP contribution in [0, 0.1) is 0 Å². The van der Waals surface area contributed by atoms with Gasteiger partial charge in [0.25, 0.3) is 0 Å². The molecule has 2 N–H and O–H groups in total. The Balaban J connectivity index is 3.49. The van der Waals surface area contributed by atoms with Crippen molar-refractivity contribution in [2.75, 3.05) is 6.61 Å². The average molecular weight is 204 g/mol. The van der Waals surface area contributed by atoms with Crippen LogP contribution in [0.25, 0.3) is 0 Å². The Labute approximate surface area is 82.7 Å². The summed E-state index contributed by atoms with van der Waals surface area (Å²) >= 11 is 0. The van der Waals surface area contributed by atoms with Crippen molar-refractivity contribution >= 4 is 11.9 Å². The Bertz CT molecular complexity index is 190. The molecule has 0 aromatic heterocycles. The third-order valence-corrected chi connectivity index (χ3v) is 1.70. The molecule has 1 unspecified atom stereocenters. The number of aliphatic hydroxyl groups is 1. The number of carboxylic acids is 1. The zero-order valence-corrected chi connectivity index (χ0v) is 8.23. The molecule has 0 aliphatic rings. The highest BCUT2D eigenvalue weighted by atomic mass is 16.6. The van der Waals surface area contributed by atoms with E-state index in [2.05, 4.69) is 11.7 Å². The van der Waals surface area contributed by atoms with Crippen molar-refractivity contribution in [1.29, 1.82) is 0 Å². The van der Waals surface area contributed by atoms with E-state index < -0.39 is 18.0 Å². The third kappa shape index (κ3) is 5.53. The number of hydrogen-bond acceptors (Lipinski definition) is 4. The van der Waals surface area contributed by atoms with Gasteiger partial charge in [-0.25, -0.2) is 9.59 Å². The summed E-state index contributed by atoms with van der Waals surface area (Å²) in [4.78, 5) is 20.9. The van der Waals surface area contributed by atoms with Gasteiger partial charge in [-0.3, -0.25) is 0 Å². The first-order valence-corrected chi connectivity index (χ1v) is 4.67. The molecule has 0 aliphatic carbocycles. The second-order valence-corrected chi connectivity index (χ2v) is 2.97. The van der Waals surface area contributed by atoms with Crippen LogP contribution in [0.1, 0.15) is 32.6 Å². The Morgan fingerprint density at radius 3 is 2.43 bits per heavy atom. The van der Waals surface area contributed by atoms with Gasteiger partial charge in [-0.2, -0.15) is 0 Å².